The highest BCUT2D eigenvalue weighted by molar-refractivity contribution is 7.22. The minimum atomic E-state index is -0.0982. The summed E-state index contributed by atoms with van der Waals surface area (Å²) in [5.41, 5.74) is 7.09. The van der Waals surface area contributed by atoms with Crippen molar-refractivity contribution in [2.45, 2.75) is 6.54 Å². The predicted octanol–water partition coefficient (Wildman–Crippen LogP) is 1.50. The molecule has 0 aliphatic rings. The monoisotopic (exact) mass is 287 g/mol. The molecule has 0 saturated carbocycles. The van der Waals surface area contributed by atoms with Crippen molar-refractivity contribution in [3.63, 3.8) is 0 Å². The van der Waals surface area contributed by atoms with Gasteiger partial charge in [0, 0.05) is 31.0 Å². The van der Waals surface area contributed by atoms with E-state index in [2.05, 4.69) is 15.3 Å². The molecule has 0 bridgehead atoms. The second-order valence-electron chi connectivity index (χ2n) is 4.29. The van der Waals surface area contributed by atoms with E-state index >= 15 is 0 Å². The number of nitrogens with two attached hydrogens (primary N) is 1. The van der Waals surface area contributed by atoms with Crippen LogP contribution >= 0.6 is 11.3 Å². The zero-order valence-electron chi connectivity index (χ0n) is 10.6. The summed E-state index contributed by atoms with van der Waals surface area (Å²) in [6.45, 7) is 1.25. The number of carbonyl (C=O) groups excluding carboxylic acids is 1. The molecule has 1 amide bonds. The zero-order valence-corrected chi connectivity index (χ0v) is 11.4. The Morgan fingerprint density at radius 3 is 3.15 bits per heavy atom. The summed E-state index contributed by atoms with van der Waals surface area (Å²) in [6, 6.07) is 5.39. The molecule has 3 rings (SSSR count). The molecule has 0 fully saturated rings. The third kappa shape index (κ3) is 2.62. The highest BCUT2D eigenvalue weighted by Gasteiger charge is 2.08. The molecule has 7 heteroatoms. The lowest BCUT2D eigenvalue weighted by Gasteiger charge is -2.05. The van der Waals surface area contributed by atoms with E-state index in [1.807, 2.05) is 22.9 Å². The van der Waals surface area contributed by atoms with E-state index in [1.165, 1.54) is 11.3 Å². The van der Waals surface area contributed by atoms with Gasteiger partial charge in [-0.1, -0.05) is 11.3 Å². The Morgan fingerprint density at radius 1 is 1.45 bits per heavy atom. The predicted molar refractivity (Wildman–Crippen MR) is 78.6 cm³/mol. The van der Waals surface area contributed by atoms with Crippen LogP contribution in [-0.2, 0) is 6.54 Å². The lowest BCUT2D eigenvalue weighted by atomic mass is 10.2. The van der Waals surface area contributed by atoms with Gasteiger partial charge in [-0.15, -0.1) is 0 Å². The van der Waals surface area contributed by atoms with Gasteiger partial charge in [0.2, 0.25) is 0 Å². The molecule has 0 radical (unpaired) electrons. The van der Waals surface area contributed by atoms with Gasteiger partial charge in [-0.2, -0.15) is 0 Å². The molecule has 0 aliphatic heterocycles. The molecule has 1 aromatic carbocycles. The van der Waals surface area contributed by atoms with Crippen molar-refractivity contribution in [3.05, 3.63) is 42.5 Å². The number of fused-ring (bicyclic) bond motifs is 1. The minimum Gasteiger partial charge on any atom is -0.375 e. The van der Waals surface area contributed by atoms with Crippen molar-refractivity contribution in [1.82, 2.24) is 19.9 Å². The molecule has 0 atom stereocenters. The maximum absolute atomic E-state index is 12.0. The fourth-order valence-electron chi connectivity index (χ4n) is 1.90. The summed E-state index contributed by atoms with van der Waals surface area (Å²) in [4.78, 5) is 20.2. The number of imidazole rings is 1. The van der Waals surface area contributed by atoms with Crippen molar-refractivity contribution in [2.75, 3.05) is 12.3 Å². The van der Waals surface area contributed by atoms with Gasteiger partial charge >= 0.3 is 0 Å². The first kappa shape index (κ1) is 12.6. The Morgan fingerprint density at radius 2 is 2.35 bits per heavy atom. The van der Waals surface area contributed by atoms with Crippen LogP contribution in [0.2, 0.25) is 0 Å². The van der Waals surface area contributed by atoms with Crippen LogP contribution in [0.3, 0.4) is 0 Å². The third-order valence-electron chi connectivity index (χ3n) is 2.88. The lowest BCUT2D eigenvalue weighted by molar-refractivity contribution is 0.0952. The molecule has 0 aliphatic carbocycles. The van der Waals surface area contributed by atoms with Crippen LogP contribution in [0, 0.1) is 0 Å². The Labute approximate surface area is 119 Å². The fourth-order valence-corrected chi connectivity index (χ4v) is 2.68. The van der Waals surface area contributed by atoms with Crippen LogP contribution in [0.4, 0.5) is 5.13 Å². The molecule has 0 unspecified atom stereocenters. The molecule has 0 saturated heterocycles. The second-order valence-corrected chi connectivity index (χ2v) is 5.35. The topological polar surface area (TPSA) is 85.8 Å². The number of thiazole rings is 1. The first-order valence-electron chi connectivity index (χ1n) is 6.12. The number of aromatic nitrogens is 3. The number of carbonyl (C=O) groups is 1. The van der Waals surface area contributed by atoms with E-state index in [0.29, 0.717) is 23.8 Å². The van der Waals surface area contributed by atoms with Gasteiger partial charge in [0.05, 0.1) is 16.5 Å². The highest BCUT2D eigenvalue weighted by Crippen LogP contribution is 2.24. The lowest BCUT2D eigenvalue weighted by Crippen LogP contribution is -2.26. The number of hydrogen-bond donors (Lipinski definition) is 2. The Hall–Kier alpha value is -2.41. The zero-order chi connectivity index (χ0) is 13.9. The molecule has 3 aromatic rings. The summed E-state index contributed by atoms with van der Waals surface area (Å²) in [6.07, 6.45) is 5.29. The minimum absolute atomic E-state index is 0.0982. The third-order valence-corrected chi connectivity index (χ3v) is 3.73. The molecule has 2 aromatic heterocycles. The van der Waals surface area contributed by atoms with Crippen molar-refractivity contribution in [2.24, 2.45) is 0 Å². The first-order chi connectivity index (χ1) is 9.72. The van der Waals surface area contributed by atoms with Gasteiger partial charge in [-0.25, -0.2) is 9.97 Å². The SMILES string of the molecule is Nc1nc2ccc(C(=O)NCCn3ccnc3)cc2s1. The molecule has 20 heavy (non-hydrogen) atoms. The number of nitrogen functional groups attached to an aromatic ring is 1. The molecule has 2 heterocycles. The number of nitrogens with zero attached hydrogens (tertiary/aromatic N) is 3. The molecule has 6 nitrogen and oxygen atoms in total. The smallest absolute Gasteiger partial charge is 0.251 e. The quantitative estimate of drug-likeness (QED) is 0.761. The average Bonchev–Trinajstić information content (AvgIpc) is 3.05. The van der Waals surface area contributed by atoms with E-state index in [9.17, 15) is 4.79 Å². The number of hydrogen-bond acceptors (Lipinski definition) is 5. The van der Waals surface area contributed by atoms with Crippen molar-refractivity contribution >= 4 is 32.6 Å². The van der Waals surface area contributed by atoms with Gasteiger partial charge in [-0.3, -0.25) is 4.79 Å². The number of benzene rings is 1. The van der Waals surface area contributed by atoms with Crippen LogP contribution in [0.5, 0.6) is 0 Å². The van der Waals surface area contributed by atoms with Gasteiger partial charge in [0.25, 0.3) is 5.91 Å². The summed E-state index contributed by atoms with van der Waals surface area (Å²) in [7, 11) is 0. The van der Waals surface area contributed by atoms with E-state index in [4.69, 9.17) is 5.73 Å². The van der Waals surface area contributed by atoms with E-state index in [0.717, 1.165) is 10.2 Å². The number of anilines is 1. The second kappa shape index (κ2) is 5.30. The van der Waals surface area contributed by atoms with Crippen LogP contribution in [0.15, 0.2) is 36.9 Å². The number of amides is 1. The summed E-state index contributed by atoms with van der Waals surface area (Å²) in [5.74, 6) is -0.0982. The van der Waals surface area contributed by atoms with E-state index in [-0.39, 0.29) is 5.91 Å². The van der Waals surface area contributed by atoms with Gasteiger partial charge in [0.1, 0.15) is 0 Å². The van der Waals surface area contributed by atoms with Crippen LogP contribution in [0.25, 0.3) is 10.2 Å². The van der Waals surface area contributed by atoms with Crippen LogP contribution in [-0.4, -0.2) is 27.0 Å². The van der Waals surface area contributed by atoms with Crippen LogP contribution in [0.1, 0.15) is 10.4 Å². The normalized spacial score (nSPS) is 10.8. The standard InChI is InChI=1S/C13H13N5OS/c14-13-17-10-2-1-9(7-11(10)20-13)12(19)16-4-6-18-5-3-15-8-18/h1-3,5,7-8H,4,6H2,(H2,14,17)(H,16,19). The largest absolute Gasteiger partial charge is 0.375 e. The van der Waals surface area contributed by atoms with Gasteiger partial charge in [-0.05, 0) is 18.2 Å². The molecule has 3 N–H and O–H groups in total. The maximum atomic E-state index is 12.0. The molecule has 0 spiro atoms. The Balaban J connectivity index is 1.65. The van der Waals surface area contributed by atoms with Crippen molar-refractivity contribution in [3.8, 4) is 0 Å². The van der Waals surface area contributed by atoms with Gasteiger partial charge in [0.15, 0.2) is 5.13 Å². The first-order valence-corrected chi connectivity index (χ1v) is 6.94. The molecule has 102 valence electrons. The van der Waals surface area contributed by atoms with Gasteiger partial charge < -0.3 is 15.6 Å². The Kier molecular flexibility index (Phi) is 3.34. The number of nitrogens with one attached hydrogen (secondary N) is 1. The van der Waals surface area contributed by atoms with E-state index < -0.39 is 0 Å². The van der Waals surface area contributed by atoms with Crippen molar-refractivity contribution in [1.29, 1.82) is 0 Å². The molecular weight excluding hydrogens is 274 g/mol. The summed E-state index contributed by atoms with van der Waals surface area (Å²) >= 11 is 1.38. The van der Waals surface area contributed by atoms with Crippen LogP contribution < -0.4 is 11.1 Å². The van der Waals surface area contributed by atoms with E-state index in [1.54, 1.807) is 18.6 Å². The Bertz CT molecular complexity index is 734. The molecular formula is C13H13N5OS. The number of rotatable bonds is 4. The fraction of sp³-hybridized carbons (Fsp3) is 0.154. The summed E-state index contributed by atoms with van der Waals surface area (Å²) < 4.78 is 2.83. The van der Waals surface area contributed by atoms with Crippen molar-refractivity contribution < 1.29 is 4.79 Å². The summed E-state index contributed by atoms with van der Waals surface area (Å²) in [5, 5.41) is 3.39. The average molecular weight is 287 g/mol. The maximum Gasteiger partial charge on any atom is 0.251 e. The highest BCUT2D eigenvalue weighted by atomic mass is 32.1.